The van der Waals surface area contributed by atoms with Gasteiger partial charge >= 0.3 is 11.9 Å². The molecule has 0 aliphatic heterocycles. The van der Waals surface area contributed by atoms with Crippen molar-refractivity contribution in [2.24, 2.45) is 0 Å². The van der Waals surface area contributed by atoms with E-state index in [1.165, 1.54) is 6.07 Å². The first kappa shape index (κ1) is 18.8. The van der Waals surface area contributed by atoms with E-state index in [9.17, 15) is 9.59 Å². The molecule has 2 aromatic heterocycles. The predicted molar refractivity (Wildman–Crippen MR) is 93.3 cm³/mol. The third-order valence-corrected chi connectivity index (χ3v) is 4.19. The van der Waals surface area contributed by atoms with Gasteiger partial charge in [0.2, 0.25) is 5.76 Å². The molecular weight excluding hydrogens is 322 g/mol. The second-order valence-corrected chi connectivity index (χ2v) is 7.08. The summed E-state index contributed by atoms with van der Waals surface area (Å²) in [4.78, 5) is 23.4. The molecule has 0 spiro atoms. The van der Waals surface area contributed by atoms with Crippen LogP contribution in [0.4, 0.5) is 0 Å². The Bertz CT molecular complexity index is 805. The maximum absolute atomic E-state index is 12.2. The van der Waals surface area contributed by atoms with Gasteiger partial charge in [0.1, 0.15) is 5.76 Å². The van der Waals surface area contributed by atoms with Gasteiger partial charge in [-0.2, -0.15) is 0 Å². The van der Waals surface area contributed by atoms with Crippen molar-refractivity contribution in [1.82, 2.24) is 4.57 Å². The van der Waals surface area contributed by atoms with Crippen molar-refractivity contribution in [1.29, 1.82) is 0 Å². The number of aromatic nitrogens is 1. The maximum atomic E-state index is 12.2. The van der Waals surface area contributed by atoms with Gasteiger partial charge in [0.25, 0.3) is 0 Å². The number of ether oxygens (including phenoxy) is 1. The number of carbonyl (C=O) groups excluding carboxylic acids is 1. The molecular formula is C19H25NO5. The van der Waals surface area contributed by atoms with E-state index in [4.69, 9.17) is 14.3 Å². The molecule has 0 saturated carbocycles. The Morgan fingerprint density at radius 1 is 1.24 bits per heavy atom. The van der Waals surface area contributed by atoms with E-state index in [2.05, 4.69) is 20.8 Å². The Hall–Kier alpha value is -2.50. The average molecular weight is 347 g/mol. The van der Waals surface area contributed by atoms with Crippen molar-refractivity contribution >= 4 is 11.9 Å². The van der Waals surface area contributed by atoms with Crippen molar-refractivity contribution in [2.75, 3.05) is 6.61 Å². The van der Waals surface area contributed by atoms with Crippen molar-refractivity contribution in [3.63, 3.8) is 0 Å². The lowest BCUT2D eigenvalue weighted by Crippen LogP contribution is -2.19. The van der Waals surface area contributed by atoms with Crippen LogP contribution < -0.4 is 0 Å². The molecule has 0 aliphatic carbocycles. The first-order valence-corrected chi connectivity index (χ1v) is 8.26. The minimum atomic E-state index is -1.10. The molecule has 0 unspecified atom stereocenters. The summed E-state index contributed by atoms with van der Waals surface area (Å²) in [7, 11) is 0. The van der Waals surface area contributed by atoms with Gasteiger partial charge in [0, 0.05) is 22.4 Å². The van der Waals surface area contributed by atoms with Crippen LogP contribution in [-0.4, -0.2) is 28.2 Å². The van der Waals surface area contributed by atoms with Gasteiger partial charge in [0.05, 0.1) is 18.7 Å². The third-order valence-electron chi connectivity index (χ3n) is 4.19. The highest BCUT2D eigenvalue weighted by molar-refractivity contribution is 5.91. The molecule has 0 amide bonds. The van der Waals surface area contributed by atoms with Gasteiger partial charge < -0.3 is 18.8 Å². The van der Waals surface area contributed by atoms with Gasteiger partial charge in [-0.3, -0.25) is 0 Å². The van der Waals surface area contributed by atoms with E-state index < -0.39 is 5.97 Å². The van der Waals surface area contributed by atoms with E-state index >= 15 is 0 Å². The van der Waals surface area contributed by atoms with E-state index in [1.54, 1.807) is 13.8 Å². The summed E-state index contributed by atoms with van der Waals surface area (Å²) in [6.45, 7) is 12.3. The largest absolute Gasteiger partial charge is 0.475 e. The Morgan fingerprint density at radius 3 is 2.36 bits per heavy atom. The molecule has 0 aliphatic rings. The number of hydrogen-bond donors (Lipinski definition) is 1. The zero-order valence-electron chi connectivity index (χ0n) is 15.6. The Balaban J connectivity index is 2.52. The molecule has 0 bridgehead atoms. The molecule has 0 saturated heterocycles. The summed E-state index contributed by atoms with van der Waals surface area (Å²) >= 11 is 0. The molecule has 25 heavy (non-hydrogen) atoms. The lowest BCUT2D eigenvalue weighted by molar-refractivity contribution is 0.0524. The van der Waals surface area contributed by atoms with Gasteiger partial charge in [0.15, 0.2) is 0 Å². The summed E-state index contributed by atoms with van der Waals surface area (Å²) < 4.78 is 12.5. The minimum Gasteiger partial charge on any atom is -0.475 e. The highest BCUT2D eigenvalue weighted by Gasteiger charge is 2.26. The SMILES string of the molecule is CCOC(=O)c1cc(C(C)(C)C)n(Cc2cc(C(=O)O)oc2C)c1C. The minimum absolute atomic E-state index is 0.0831. The fourth-order valence-electron chi connectivity index (χ4n) is 2.84. The highest BCUT2D eigenvalue weighted by atomic mass is 16.5. The quantitative estimate of drug-likeness (QED) is 0.829. The van der Waals surface area contributed by atoms with Crippen LogP contribution >= 0.6 is 0 Å². The Kier molecular flexibility index (Phi) is 5.11. The third kappa shape index (κ3) is 3.78. The smallest absolute Gasteiger partial charge is 0.371 e. The second-order valence-electron chi connectivity index (χ2n) is 7.08. The summed E-state index contributed by atoms with van der Waals surface area (Å²) in [5.41, 5.74) is 2.89. The second kappa shape index (κ2) is 6.78. The van der Waals surface area contributed by atoms with Crippen LogP contribution in [0.15, 0.2) is 16.5 Å². The van der Waals surface area contributed by atoms with Crippen LogP contribution in [0.25, 0.3) is 0 Å². The molecule has 136 valence electrons. The van der Waals surface area contributed by atoms with Crippen LogP contribution in [0.2, 0.25) is 0 Å². The van der Waals surface area contributed by atoms with Gasteiger partial charge in [-0.1, -0.05) is 20.8 Å². The lowest BCUT2D eigenvalue weighted by atomic mass is 9.91. The van der Waals surface area contributed by atoms with Crippen LogP contribution in [0, 0.1) is 13.8 Å². The zero-order valence-corrected chi connectivity index (χ0v) is 15.6. The number of carboxylic acids is 1. The lowest BCUT2D eigenvalue weighted by Gasteiger charge is -2.22. The number of carboxylic acid groups (broad SMARTS) is 1. The van der Waals surface area contributed by atoms with Crippen LogP contribution in [0.3, 0.4) is 0 Å². The van der Waals surface area contributed by atoms with Crippen LogP contribution in [0.5, 0.6) is 0 Å². The van der Waals surface area contributed by atoms with Crippen molar-refractivity contribution < 1.29 is 23.8 Å². The number of aryl methyl sites for hydroxylation is 1. The molecule has 2 heterocycles. The Morgan fingerprint density at radius 2 is 1.88 bits per heavy atom. The molecule has 6 nitrogen and oxygen atoms in total. The van der Waals surface area contributed by atoms with Crippen LogP contribution in [0.1, 0.15) is 71.3 Å². The average Bonchev–Trinajstić information content (AvgIpc) is 3.01. The number of nitrogens with zero attached hydrogens (tertiary/aromatic N) is 1. The molecule has 0 atom stereocenters. The number of furan rings is 1. The maximum Gasteiger partial charge on any atom is 0.371 e. The zero-order chi connectivity index (χ0) is 18.9. The van der Waals surface area contributed by atoms with Gasteiger partial charge in [-0.05, 0) is 32.9 Å². The van der Waals surface area contributed by atoms with Crippen LogP contribution in [-0.2, 0) is 16.7 Å². The van der Waals surface area contributed by atoms with Gasteiger partial charge in [-0.15, -0.1) is 0 Å². The van der Waals surface area contributed by atoms with Crippen molar-refractivity contribution in [3.05, 3.63) is 46.2 Å². The molecule has 0 radical (unpaired) electrons. The fourth-order valence-corrected chi connectivity index (χ4v) is 2.84. The van der Waals surface area contributed by atoms with E-state index in [-0.39, 0.29) is 17.1 Å². The van der Waals surface area contributed by atoms with Crippen molar-refractivity contribution in [2.45, 2.75) is 53.5 Å². The first-order chi connectivity index (χ1) is 11.6. The van der Waals surface area contributed by atoms with Gasteiger partial charge in [-0.25, -0.2) is 9.59 Å². The van der Waals surface area contributed by atoms with E-state index in [1.807, 2.05) is 17.6 Å². The predicted octanol–water partition coefficient (Wildman–Crippen LogP) is 3.92. The number of esters is 1. The normalized spacial score (nSPS) is 11.6. The number of hydrogen-bond acceptors (Lipinski definition) is 4. The molecule has 0 fully saturated rings. The monoisotopic (exact) mass is 347 g/mol. The Labute approximate surface area is 147 Å². The molecule has 2 rings (SSSR count). The van der Waals surface area contributed by atoms with E-state index in [0.29, 0.717) is 24.5 Å². The number of rotatable bonds is 5. The highest BCUT2D eigenvalue weighted by Crippen LogP contribution is 2.30. The standard InChI is InChI=1S/C19H25NO5/c1-7-24-18(23)14-9-16(19(4,5)6)20(11(14)2)10-13-8-15(17(21)22)25-12(13)3/h8-9H,7,10H2,1-6H3,(H,21,22). The summed E-state index contributed by atoms with van der Waals surface area (Å²) in [6.07, 6.45) is 0. The number of carbonyl (C=O) groups is 2. The molecule has 6 heteroatoms. The first-order valence-electron chi connectivity index (χ1n) is 8.26. The molecule has 0 aromatic carbocycles. The molecule has 1 N–H and O–H groups in total. The van der Waals surface area contributed by atoms with E-state index in [0.717, 1.165) is 17.0 Å². The summed E-state index contributed by atoms with van der Waals surface area (Å²) in [6, 6.07) is 3.40. The number of aromatic carboxylic acids is 1. The summed E-state index contributed by atoms with van der Waals surface area (Å²) in [5, 5.41) is 9.10. The fraction of sp³-hybridized carbons (Fsp3) is 0.474. The molecule has 2 aromatic rings. The van der Waals surface area contributed by atoms with Crippen molar-refractivity contribution in [3.8, 4) is 0 Å². The topological polar surface area (TPSA) is 81.7 Å². The summed E-state index contributed by atoms with van der Waals surface area (Å²) in [5.74, 6) is -0.968.